The summed E-state index contributed by atoms with van der Waals surface area (Å²) < 4.78 is 25.5. The van der Waals surface area contributed by atoms with E-state index in [1.54, 1.807) is 11.0 Å². The normalized spacial score (nSPS) is 16.7. The SMILES string of the molecule is CCCS(=O)(=O)N1CCN(C(=O)Cc2ccccc2Cl)CC1. The number of rotatable bonds is 5. The third-order valence-corrected chi connectivity index (χ3v) is 6.19. The molecule has 1 amide bonds. The number of piperazine rings is 1. The first kappa shape index (κ1) is 17.2. The number of amides is 1. The van der Waals surface area contributed by atoms with Crippen LogP contribution in [0.3, 0.4) is 0 Å². The molecule has 0 atom stereocenters. The first-order valence-corrected chi connectivity index (χ1v) is 9.41. The lowest BCUT2D eigenvalue weighted by atomic mass is 10.1. The highest BCUT2D eigenvalue weighted by atomic mass is 35.5. The fourth-order valence-electron chi connectivity index (χ4n) is 2.52. The summed E-state index contributed by atoms with van der Waals surface area (Å²) in [6, 6.07) is 7.28. The molecular weight excluding hydrogens is 324 g/mol. The Labute approximate surface area is 136 Å². The van der Waals surface area contributed by atoms with E-state index in [2.05, 4.69) is 0 Å². The van der Waals surface area contributed by atoms with Crippen LogP contribution in [-0.2, 0) is 21.2 Å². The van der Waals surface area contributed by atoms with E-state index in [0.29, 0.717) is 37.6 Å². The highest BCUT2D eigenvalue weighted by Gasteiger charge is 2.28. The van der Waals surface area contributed by atoms with Gasteiger partial charge in [-0.3, -0.25) is 4.79 Å². The second-order valence-corrected chi connectivity index (χ2v) is 7.86. The van der Waals surface area contributed by atoms with E-state index in [-0.39, 0.29) is 18.1 Å². The van der Waals surface area contributed by atoms with Crippen molar-refractivity contribution in [2.24, 2.45) is 0 Å². The second-order valence-electron chi connectivity index (χ2n) is 5.36. The molecule has 1 heterocycles. The molecule has 0 unspecified atom stereocenters. The number of carbonyl (C=O) groups is 1. The van der Waals surface area contributed by atoms with E-state index in [1.807, 2.05) is 25.1 Å². The Kier molecular flexibility index (Phi) is 5.83. The van der Waals surface area contributed by atoms with Gasteiger partial charge in [0.1, 0.15) is 0 Å². The molecule has 1 fully saturated rings. The quantitative estimate of drug-likeness (QED) is 0.818. The third-order valence-electron chi connectivity index (χ3n) is 3.75. The van der Waals surface area contributed by atoms with E-state index in [0.717, 1.165) is 5.56 Å². The first-order chi connectivity index (χ1) is 10.4. The maximum Gasteiger partial charge on any atom is 0.227 e. The Hall–Kier alpha value is -1.11. The second kappa shape index (κ2) is 7.44. The van der Waals surface area contributed by atoms with Crippen molar-refractivity contribution in [1.29, 1.82) is 0 Å². The zero-order valence-corrected chi connectivity index (χ0v) is 14.2. The van der Waals surface area contributed by atoms with Gasteiger partial charge < -0.3 is 4.90 Å². The summed E-state index contributed by atoms with van der Waals surface area (Å²) >= 11 is 6.07. The topological polar surface area (TPSA) is 57.7 Å². The molecule has 0 radical (unpaired) electrons. The summed E-state index contributed by atoms with van der Waals surface area (Å²) in [6.45, 7) is 3.46. The summed E-state index contributed by atoms with van der Waals surface area (Å²) in [5.41, 5.74) is 0.801. The van der Waals surface area contributed by atoms with Crippen LogP contribution in [0.25, 0.3) is 0 Å². The van der Waals surface area contributed by atoms with Crippen molar-refractivity contribution in [2.45, 2.75) is 19.8 Å². The van der Waals surface area contributed by atoms with Crippen molar-refractivity contribution < 1.29 is 13.2 Å². The van der Waals surface area contributed by atoms with E-state index < -0.39 is 10.0 Å². The summed E-state index contributed by atoms with van der Waals surface area (Å²) in [6.07, 6.45) is 0.857. The summed E-state index contributed by atoms with van der Waals surface area (Å²) in [7, 11) is -3.17. The van der Waals surface area contributed by atoms with Crippen LogP contribution in [0.5, 0.6) is 0 Å². The Morgan fingerprint density at radius 1 is 1.18 bits per heavy atom. The molecule has 1 aromatic rings. The van der Waals surface area contributed by atoms with E-state index in [9.17, 15) is 13.2 Å². The van der Waals surface area contributed by atoms with Crippen molar-refractivity contribution in [2.75, 3.05) is 31.9 Å². The van der Waals surface area contributed by atoms with Gasteiger partial charge in [0, 0.05) is 31.2 Å². The minimum absolute atomic E-state index is 0.0133. The number of benzene rings is 1. The largest absolute Gasteiger partial charge is 0.340 e. The Bertz CT molecular complexity index is 625. The molecule has 0 aliphatic carbocycles. The predicted molar refractivity (Wildman–Crippen MR) is 87.4 cm³/mol. The highest BCUT2D eigenvalue weighted by molar-refractivity contribution is 7.89. The first-order valence-electron chi connectivity index (χ1n) is 7.43. The number of hydrogen-bond donors (Lipinski definition) is 0. The van der Waals surface area contributed by atoms with Crippen molar-refractivity contribution in [3.05, 3.63) is 34.9 Å². The van der Waals surface area contributed by atoms with Crippen LogP contribution in [0.4, 0.5) is 0 Å². The number of sulfonamides is 1. The minimum atomic E-state index is -3.17. The molecular formula is C15H21ClN2O3S. The maximum absolute atomic E-state index is 12.3. The van der Waals surface area contributed by atoms with Gasteiger partial charge >= 0.3 is 0 Å². The average Bonchev–Trinajstić information content (AvgIpc) is 2.49. The molecule has 22 heavy (non-hydrogen) atoms. The van der Waals surface area contributed by atoms with Gasteiger partial charge in [0.05, 0.1) is 12.2 Å². The molecule has 1 aliphatic rings. The van der Waals surface area contributed by atoms with Gasteiger partial charge in [-0.15, -0.1) is 0 Å². The Balaban J connectivity index is 1.92. The molecule has 2 rings (SSSR count). The lowest BCUT2D eigenvalue weighted by molar-refractivity contribution is -0.131. The van der Waals surface area contributed by atoms with Crippen LogP contribution in [-0.4, -0.2) is 55.5 Å². The number of nitrogens with zero attached hydrogens (tertiary/aromatic N) is 2. The zero-order chi connectivity index (χ0) is 16.2. The standard InChI is InChI=1S/C15H21ClN2O3S/c1-2-11-22(20,21)18-9-7-17(8-10-18)15(19)12-13-5-3-4-6-14(13)16/h3-6H,2,7-12H2,1H3. The average molecular weight is 345 g/mol. The van der Waals surface area contributed by atoms with Gasteiger partial charge in [0.15, 0.2) is 0 Å². The van der Waals surface area contributed by atoms with Gasteiger partial charge in [-0.2, -0.15) is 4.31 Å². The van der Waals surface area contributed by atoms with Crippen molar-refractivity contribution in [3.8, 4) is 0 Å². The Morgan fingerprint density at radius 2 is 1.82 bits per heavy atom. The van der Waals surface area contributed by atoms with Crippen LogP contribution in [0, 0.1) is 0 Å². The molecule has 0 saturated carbocycles. The molecule has 0 spiro atoms. The molecule has 0 N–H and O–H groups in total. The molecule has 1 saturated heterocycles. The van der Waals surface area contributed by atoms with Crippen LogP contribution in [0.15, 0.2) is 24.3 Å². The maximum atomic E-state index is 12.3. The summed E-state index contributed by atoms with van der Waals surface area (Å²) in [5, 5.41) is 0.583. The number of carbonyl (C=O) groups excluding carboxylic acids is 1. The molecule has 1 aliphatic heterocycles. The van der Waals surface area contributed by atoms with Gasteiger partial charge in [-0.25, -0.2) is 8.42 Å². The number of hydrogen-bond acceptors (Lipinski definition) is 3. The smallest absolute Gasteiger partial charge is 0.227 e. The van der Waals surface area contributed by atoms with Gasteiger partial charge in [-0.1, -0.05) is 36.7 Å². The lowest BCUT2D eigenvalue weighted by Gasteiger charge is -2.34. The molecule has 0 aromatic heterocycles. The molecule has 5 nitrogen and oxygen atoms in total. The summed E-state index contributed by atoms with van der Waals surface area (Å²) in [5.74, 6) is 0.154. The molecule has 122 valence electrons. The van der Waals surface area contributed by atoms with E-state index in [1.165, 1.54) is 4.31 Å². The van der Waals surface area contributed by atoms with E-state index >= 15 is 0 Å². The minimum Gasteiger partial charge on any atom is -0.340 e. The van der Waals surface area contributed by atoms with E-state index in [4.69, 9.17) is 11.6 Å². The van der Waals surface area contributed by atoms with Crippen LogP contribution >= 0.6 is 11.6 Å². The molecule has 0 bridgehead atoms. The fraction of sp³-hybridized carbons (Fsp3) is 0.533. The monoisotopic (exact) mass is 344 g/mol. The van der Waals surface area contributed by atoms with Crippen molar-refractivity contribution >= 4 is 27.5 Å². The highest BCUT2D eigenvalue weighted by Crippen LogP contribution is 2.17. The van der Waals surface area contributed by atoms with Gasteiger partial charge in [-0.05, 0) is 18.1 Å². The fourth-order valence-corrected chi connectivity index (χ4v) is 4.22. The van der Waals surface area contributed by atoms with Crippen LogP contribution < -0.4 is 0 Å². The third kappa shape index (κ3) is 4.21. The van der Waals surface area contributed by atoms with Crippen LogP contribution in [0.2, 0.25) is 5.02 Å². The van der Waals surface area contributed by atoms with Crippen molar-refractivity contribution in [1.82, 2.24) is 9.21 Å². The Morgan fingerprint density at radius 3 is 2.41 bits per heavy atom. The van der Waals surface area contributed by atoms with Crippen LogP contribution in [0.1, 0.15) is 18.9 Å². The number of halogens is 1. The lowest BCUT2D eigenvalue weighted by Crippen LogP contribution is -2.51. The van der Waals surface area contributed by atoms with Gasteiger partial charge in [0.25, 0.3) is 0 Å². The molecule has 7 heteroatoms. The van der Waals surface area contributed by atoms with Gasteiger partial charge in [0.2, 0.25) is 15.9 Å². The van der Waals surface area contributed by atoms with Crippen molar-refractivity contribution in [3.63, 3.8) is 0 Å². The predicted octanol–water partition coefficient (Wildman–Crippen LogP) is 1.77. The zero-order valence-electron chi connectivity index (χ0n) is 12.7. The molecule has 1 aromatic carbocycles. The summed E-state index contributed by atoms with van der Waals surface area (Å²) in [4.78, 5) is 14.0.